The van der Waals surface area contributed by atoms with Crippen LogP contribution >= 0.6 is 0 Å². The quantitative estimate of drug-likeness (QED) is 0.485. The number of pyridine rings is 2. The number of hydrogen-bond donors (Lipinski definition) is 2. The van der Waals surface area contributed by atoms with Crippen molar-refractivity contribution in [2.75, 3.05) is 5.32 Å². The third-order valence-corrected chi connectivity index (χ3v) is 5.79. The number of carbonyl (C=O) groups is 2. The summed E-state index contributed by atoms with van der Waals surface area (Å²) in [6.45, 7) is 0.386. The topological polar surface area (TPSA) is 84.0 Å². The average molecular weight is 422 g/mol. The number of anilines is 1. The molecule has 4 aromatic rings. The predicted molar refractivity (Wildman–Crippen MR) is 123 cm³/mol. The molecule has 6 heteroatoms. The van der Waals surface area contributed by atoms with Crippen LogP contribution < -0.4 is 10.6 Å². The number of rotatable bonds is 6. The summed E-state index contributed by atoms with van der Waals surface area (Å²) in [5.41, 5.74) is 3.28. The molecule has 6 nitrogen and oxygen atoms in total. The molecule has 0 bridgehead atoms. The van der Waals surface area contributed by atoms with E-state index in [4.69, 9.17) is 0 Å². The first-order valence-corrected chi connectivity index (χ1v) is 10.6. The maximum atomic E-state index is 12.7. The molecule has 0 aliphatic heterocycles. The lowest BCUT2D eigenvalue weighted by atomic mass is 10.1. The molecule has 1 fully saturated rings. The number of hydrogen-bond acceptors (Lipinski definition) is 4. The summed E-state index contributed by atoms with van der Waals surface area (Å²) in [6, 6.07) is 20.9. The van der Waals surface area contributed by atoms with Gasteiger partial charge in [-0.15, -0.1) is 0 Å². The van der Waals surface area contributed by atoms with E-state index in [9.17, 15) is 9.59 Å². The van der Waals surface area contributed by atoms with Crippen molar-refractivity contribution in [3.05, 3.63) is 102 Å². The van der Waals surface area contributed by atoms with Crippen molar-refractivity contribution in [2.24, 2.45) is 5.92 Å². The van der Waals surface area contributed by atoms with Crippen LogP contribution in [0.5, 0.6) is 0 Å². The second kappa shape index (κ2) is 8.59. The minimum absolute atomic E-state index is 0.0283. The molecule has 1 saturated carbocycles. The van der Waals surface area contributed by atoms with Gasteiger partial charge in [0.2, 0.25) is 5.91 Å². The fraction of sp³-hybridized carbons (Fsp3) is 0.154. The summed E-state index contributed by atoms with van der Waals surface area (Å²) in [6.07, 6.45) is 6.07. The van der Waals surface area contributed by atoms with E-state index in [0.717, 1.165) is 34.1 Å². The van der Waals surface area contributed by atoms with Crippen molar-refractivity contribution in [1.29, 1.82) is 0 Å². The van der Waals surface area contributed by atoms with Gasteiger partial charge < -0.3 is 10.6 Å². The second-order valence-corrected chi connectivity index (χ2v) is 8.00. The summed E-state index contributed by atoms with van der Waals surface area (Å²) >= 11 is 0. The molecule has 1 aliphatic rings. The van der Waals surface area contributed by atoms with Gasteiger partial charge in [-0.25, -0.2) is 0 Å². The summed E-state index contributed by atoms with van der Waals surface area (Å²) in [7, 11) is 0. The molecule has 2 N–H and O–H groups in total. The van der Waals surface area contributed by atoms with Crippen molar-refractivity contribution < 1.29 is 9.59 Å². The third-order valence-electron chi connectivity index (χ3n) is 5.79. The molecule has 2 heterocycles. The smallest absolute Gasteiger partial charge is 0.251 e. The van der Waals surface area contributed by atoms with Crippen molar-refractivity contribution in [2.45, 2.75) is 18.9 Å². The Morgan fingerprint density at radius 1 is 0.938 bits per heavy atom. The fourth-order valence-corrected chi connectivity index (χ4v) is 3.91. The first kappa shape index (κ1) is 19.9. The van der Waals surface area contributed by atoms with Crippen molar-refractivity contribution >= 4 is 28.3 Å². The molecule has 0 spiro atoms. The van der Waals surface area contributed by atoms with E-state index in [1.54, 1.807) is 18.6 Å². The predicted octanol–water partition coefficient (Wildman–Crippen LogP) is 4.30. The molecular formula is C26H22N4O2. The normalized spacial score (nSPS) is 17.0. The van der Waals surface area contributed by atoms with Crippen molar-refractivity contribution in [3.8, 4) is 0 Å². The van der Waals surface area contributed by atoms with Crippen LogP contribution in [0.2, 0.25) is 0 Å². The Kier molecular flexibility index (Phi) is 5.34. The van der Waals surface area contributed by atoms with Crippen LogP contribution in [0.25, 0.3) is 10.8 Å². The lowest BCUT2D eigenvalue weighted by Crippen LogP contribution is -2.23. The molecule has 158 valence electrons. The molecule has 32 heavy (non-hydrogen) atoms. The van der Waals surface area contributed by atoms with E-state index in [1.807, 2.05) is 66.7 Å². The van der Waals surface area contributed by atoms with Crippen LogP contribution in [0, 0.1) is 5.92 Å². The van der Waals surface area contributed by atoms with E-state index in [-0.39, 0.29) is 23.7 Å². The minimum atomic E-state index is -0.140. The van der Waals surface area contributed by atoms with Crippen molar-refractivity contribution in [3.63, 3.8) is 0 Å². The number of amides is 2. The van der Waals surface area contributed by atoms with Crippen LogP contribution in [0.15, 0.2) is 85.3 Å². The van der Waals surface area contributed by atoms with E-state index in [0.29, 0.717) is 12.1 Å². The fourth-order valence-electron chi connectivity index (χ4n) is 3.91. The number of nitrogens with one attached hydrogen (secondary N) is 2. The highest BCUT2D eigenvalue weighted by molar-refractivity contribution is 5.97. The third kappa shape index (κ3) is 4.34. The monoisotopic (exact) mass is 422 g/mol. The number of fused-ring (bicyclic) bond motifs is 1. The molecule has 2 aromatic heterocycles. The van der Waals surface area contributed by atoms with Crippen LogP contribution in [0.4, 0.5) is 5.69 Å². The van der Waals surface area contributed by atoms with Crippen LogP contribution in [0.3, 0.4) is 0 Å². The first-order chi connectivity index (χ1) is 15.7. The highest BCUT2D eigenvalue weighted by Crippen LogP contribution is 2.48. The Morgan fingerprint density at radius 3 is 2.62 bits per heavy atom. The molecule has 5 rings (SSSR count). The summed E-state index contributed by atoms with van der Waals surface area (Å²) in [5, 5.41) is 7.99. The second-order valence-electron chi connectivity index (χ2n) is 8.00. The lowest BCUT2D eigenvalue weighted by molar-refractivity contribution is -0.117. The standard InChI is InChI=1S/C26H22N4O2/c31-25(29-16-22-3-1-2-11-28-22)18-6-4-17(5-7-18)23-14-24(23)26(32)30-21-9-8-20-15-27-12-10-19(20)13-21/h1-13,15,23-24H,14,16H2,(H,29,31)(H,30,32). The van der Waals surface area contributed by atoms with E-state index >= 15 is 0 Å². The molecular weight excluding hydrogens is 400 g/mol. The van der Waals surface area contributed by atoms with Gasteiger partial charge >= 0.3 is 0 Å². The Bertz CT molecular complexity index is 1270. The average Bonchev–Trinajstić information content (AvgIpc) is 3.64. The number of carbonyl (C=O) groups excluding carboxylic acids is 2. The molecule has 2 atom stereocenters. The molecule has 2 unspecified atom stereocenters. The van der Waals surface area contributed by atoms with Crippen molar-refractivity contribution in [1.82, 2.24) is 15.3 Å². The largest absolute Gasteiger partial charge is 0.346 e. The first-order valence-electron chi connectivity index (χ1n) is 10.6. The van der Waals surface area contributed by atoms with Gasteiger partial charge in [0.1, 0.15) is 0 Å². The summed E-state index contributed by atoms with van der Waals surface area (Å²) < 4.78 is 0. The Morgan fingerprint density at radius 2 is 1.81 bits per heavy atom. The molecule has 2 aromatic carbocycles. The minimum Gasteiger partial charge on any atom is -0.346 e. The Hall–Kier alpha value is -4.06. The molecule has 0 saturated heterocycles. The molecule has 0 radical (unpaired) electrons. The van der Waals surface area contributed by atoms with Gasteiger partial charge in [0.05, 0.1) is 12.2 Å². The van der Waals surface area contributed by atoms with Gasteiger partial charge in [0.15, 0.2) is 0 Å². The van der Waals surface area contributed by atoms with Gasteiger partial charge in [0, 0.05) is 41.1 Å². The summed E-state index contributed by atoms with van der Waals surface area (Å²) in [5.74, 6) is 0.0247. The van der Waals surface area contributed by atoms with Gasteiger partial charge in [-0.3, -0.25) is 19.6 Å². The van der Waals surface area contributed by atoms with E-state index in [1.165, 1.54) is 0 Å². The SMILES string of the molecule is O=C(NCc1ccccn1)c1ccc(C2CC2C(=O)Nc2ccc3cnccc3c2)cc1. The van der Waals surface area contributed by atoms with Gasteiger partial charge in [-0.05, 0) is 65.8 Å². The number of benzene rings is 2. The molecule has 1 aliphatic carbocycles. The zero-order valence-corrected chi connectivity index (χ0v) is 17.4. The maximum Gasteiger partial charge on any atom is 0.251 e. The number of aromatic nitrogens is 2. The van der Waals surface area contributed by atoms with Gasteiger partial charge in [-0.2, -0.15) is 0 Å². The Balaban J connectivity index is 1.17. The van der Waals surface area contributed by atoms with E-state index < -0.39 is 0 Å². The van der Waals surface area contributed by atoms with Gasteiger partial charge in [-0.1, -0.05) is 24.3 Å². The highest BCUT2D eigenvalue weighted by Gasteiger charge is 2.43. The zero-order valence-electron chi connectivity index (χ0n) is 17.4. The van der Waals surface area contributed by atoms with E-state index in [2.05, 4.69) is 20.6 Å². The maximum absolute atomic E-state index is 12.7. The van der Waals surface area contributed by atoms with Gasteiger partial charge in [0.25, 0.3) is 5.91 Å². The number of nitrogens with zero attached hydrogens (tertiary/aromatic N) is 2. The zero-order chi connectivity index (χ0) is 21.9. The molecule has 2 amide bonds. The Labute approximate surface area is 185 Å². The van der Waals surface area contributed by atoms with Crippen LogP contribution in [0.1, 0.15) is 34.0 Å². The van der Waals surface area contributed by atoms with Crippen LogP contribution in [-0.4, -0.2) is 21.8 Å². The highest BCUT2D eigenvalue weighted by atomic mass is 16.2. The lowest BCUT2D eigenvalue weighted by Gasteiger charge is -2.07. The summed E-state index contributed by atoms with van der Waals surface area (Å²) in [4.78, 5) is 33.4. The van der Waals surface area contributed by atoms with Crippen LogP contribution in [-0.2, 0) is 11.3 Å².